The molecule has 1 unspecified atom stereocenters. The fourth-order valence-electron chi connectivity index (χ4n) is 4.74. The molecule has 0 saturated heterocycles. The van der Waals surface area contributed by atoms with Crippen molar-refractivity contribution in [1.82, 2.24) is 10.3 Å². The molecule has 3 aromatic rings. The van der Waals surface area contributed by atoms with Crippen molar-refractivity contribution in [2.75, 3.05) is 11.9 Å². The number of benzene rings is 2. The number of hydrogen-bond acceptors (Lipinski definition) is 6. The summed E-state index contributed by atoms with van der Waals surface area (Å²) in [7, 11) is 0. The van der Waals surface area contributed by atoms with Crippen molar-refractivity contribution in [2.24, 2.45) is 11.1 Å². The Bertz CT molecular complexity index is 1230. The molecule has 4 rings (SSSR count). The van der Waals surface area contributed by atoms with Gasteiger partial charge in [0.1, 0.15) is 5.75 Å². The van der Waals surface area contributed by atoms with E-state index in [1.807, 2.05) is 30.3 Å². The summed E-state index contributed by atoms with van der Waals surface area (Å²) in [6, 6.07) is 12.7. The molecule has 37 heavy (non-hydrogen) atoms. The molecule has 1 saturated carbocycles. The van der Waals surface area contributed by atoms with Crippen molar-refractivity contribution >= 4 is 38.5 Å². The Labute approximate surface area is 216 Å². The zero-order valence-corrected chi connectivity index (χ0v) is 21.0. The topological polar surface area (TPSA) is 106 Å². The Morgan fingerprint density at radius 2 is 1.84 bits per heavy atom. The van der Waals surface area contributed by atoms with Gasteiger partial charge in [-0.2, -0.15) is 0 Å². The van der Waals surface area contributed by atoms with E-state index in [-0.39, 0.29) is 24.0 Å². The molecule has 1 aromatic heterocycles. The Hall–Kier alpha value is -3.18. The van der Waals surface area contributed by atoms with Gasteiger partial charge in [0, 0.05) is 19.0 Å². The number of carbonyl (C=O) groups excluding carboxylic acids is 2. The molecule has 0 bridgehead atoms. The van der Waals surface area contributed by atoms with Crippen LogP contribution in [0.4, 0.5) is 18.3 Å². The van der Waals surface area contributed by atoms with Crippen LogP contribution < -0.4 is 21.1 Å². The fraction of sp³-hybridized carbons (Fsp3) is 0.423. The monoisotopic (exact) mass is 534 g/mol. The van der Waals surface area contributed by atoms with Gasteiger partial charge >= 0.3 is 6.36 Å². The van der Waals surface area contributed by atoms with Gasteiger partial charge < -0.3 is 21.1 Å². The summed E-state index contributed by atoms with van der Waals surface area (Å²) in [4.78, 5) is 30.0. The number of anilines is 1. The predicted octanol–water partition coefficient (Wildman–Crippen LogP) is 5.16. The number of thiazole rings is 1. The lowest BCUT2D eigenvalue weighted by Gasteiger charge is -2.37. The standard InChI is InChI=1S/C26H29F3N4O3S/c27-26(28,29)36-18-9-10-20-21(14-18)37-24(32-20)33-22(34)15-25(11-5-2-6-12-25)16-31-23(35)19(30)13-17-7-3-1-4-8-17/h1,3-4,7-10,14,19H,2,5-6,11-13,15-16,30H2,(H,31,35)(H,32,33,34). The lowest BCUT2D eigenvalue weighted by atomic mass is 9.71. The van der Waals surface area contributed by atoms with E-state index in [0.717, 1.165) is 49.0 Å². The quantitative estimate of drug-likeness (QED) is 0.352. The van der Waals surface area contributed by atoms with E-state index in [9.17, 15) is 22.8 Å². The number of aromatic nitrogens is 1. The average molecular weight is 535 g/mol. The molecular formula is C26H29F3N4O3S. The molecule has 1 aliphatic carbocycles. The number of halogens is 3. The Morgan fingerprint density at radius 1 is 1.11 bits per heavy atom. The number of carbonyl (C=O) groups is 2. The molecule has 2 amide bonds. The molecule has 1 heterocycles. The van der Waals surface area contributed by atoms with Gasteiger partial charge in [0.25, 0.3) is 0 Å². The van der Waals surface area contributed by atoms with Crippen LogP contribution >= 0.6 is 11.3 Å². The molecule has 1 atom stereocenters. The Balaban J connectivity index is 1.37. The SMILES string of the molecule is NC(Cc1ccccc1)C(=O)NCC1(CC(=O)Nc2nc3ccc(OC(F)(F)F)cc3s2)CCCCC1. The normalized spacial score (nSPS) is 16.2. The Morgan fingerprint density at radius 3 is 2.54 bits per heavy atom. The summed E-state index contributed by atoms with van der Waals surface area (Å²) in [6.07, 6.45) is 0.423. The number of amides is 2. The van der Waals surface area contributed by atoms with Crippen molar-refractivity contribution in [1.29, 1.82) is 0 Å². The Kier molecular flexibility index (Phi) is 8.33. The van der Waals surface area contributed by atoms with E-state index in [4.69, 9.17) is 5.73 Å². The maximum absolute atomic E-state index is 13.0. The van der Waals surface area contributed by atoms with Gasteiger partial charge in [-0.1, -0.05) is 60.9 Å². The number of ether oxygens (including phenoxy) is 1. The van der Waals surface area contributed by atoms with E-state index < -0.39 is 17.8 Å². The molecule has 7 nitrogen and oxygen atoms in total. The summed E-state index contributed by atoms with van der Waals surface area (Å²) >= 11 is 1.07. The number of nitrogens with two attached hydrogens (primary N) is 1. The first kappa shape index (κ1) is 26.9. The van der Waals surface area contributed by atoms with Crippen LogP contribution in [-0.2, 0) is 16.0 Å². The van der Waals surface area contributed by atoms with Crippen LogP contribution in [0.15, 0.2) is 48.5 Å². The highest BCUT2D eigenvalue weighted by molar-refractivity contribution is 7.22. The predicted molar refractivity (Wildman–Crippen MR) is 136 cm³/mol. The minimum atomic E-state index is -4.79. The molecule has 2 aromatic carbocycles. The van der Waals surface area contributed by atoms with E-state index in [1.54, 1.807) is 0 Å². The molecule has 0 aliphatic heterocycles. The second-order valence-electron chi connectivity index (χ2n) is 9.50. The highest BCUT2D eigenvalue weighted by Crippen LogP contribution is 2.39. The van der Waals surface area contributed by atoms with Gasteiger partial charge in [0.15, 0.2) is 5.13 Å². The first-order valence-corrected chi connectivity index (χ1v) is 13.0. The van der Waals surface area contributed by atoms with Crippen LogP contribution in [0.3, 0.4) is 0 Å². The van der Waals surface area contributed by atoms with E-state index in [2.05, 4.69) is 20.4 Å². The third kappa shape index (κ3) is 7.65. The second-order valence-corrected chi connectivity index (χ2v) is 10.5. The van der Waals surface area contributed by atoms with Gasteiger partial charge in [0.05, 0.1) is 16.3 Å². The summed E-state index contributed by atoms with van der Waals surface area (Å²) in [5.74, 6) is -0.850. The second kappa shape index (κ2) is 11.5. The van der Waals surface area contributed by atoms with E-state index >= 15 is 0 Å². The van der Waals surface area contributed by atoms with Crippen molar-refractivity contribution < 1.29 is 27.5 Å². The molecule has 0 spiro atoms. The van der Waals surface area contributed by atoms with Crippen LogP contribution in [0.1, 0.15) is 44.1 Å². The van der Waals surface area contributed by atoms with Gasteiger partial charge in [-0.25, -0.2) is 4.98 Å². The third-order valence-electron chi connectivity index (χ3n) is 6.56. The van der Waals surface area contributed by atoms with Crippen LogP contribution in [0.2, 0.25) is 0 Å². The van der Waals surface area contributed by atoms with Gasteiger partial charge in [-0.05, 0) is 42.4 Å². The molecule has 198 valence electrons. The lowest BCUT2D eigenvalue weighted by molar-refractivity contribution is -0.274. The number of alkyl halides is 3. The zero-order valence-electron chi connectivity index (χ0n) is 20.1. The molecule has 0 radical (unpaired) electrons. The highest BCUT2D eigenvalue weighted by atomic mass is 32.1. The van der Waals surface area contributed by atoms with Crippen molar-refractivity contribution in [2.45, 2.75) is 57.3 Å². The summed E-state index contributed by atoms with van der Waals surface area (Å²) in [6.45, 7) is 0.347. The number of nitrogens with zero attached hydrogens (tertiary/aromatic N) is 1. The number of nitrogens with one attached hydrogen (secondary N) is 2. The maximum Gasteiger partial charge on any atom is 0.573 e. The first-order valence-electron chi connectivity index (χ1n) is 12.1. The summed E-state index contributed by atoms with van der Waals surface area (Å²) in [5.41, 5.74) is 7.17. The number of rotatable bonds is 9. The highest BCUT2D eigenvalue weighted by Gasteiger charge is 2.35. The van der Waals surface area contributed by atoms with Crippen LogP contribution in [-0.4, -0.2) is 35.7 Å². The van der Waals surface area contributed by atoms with Gasteiger partial charge in [-0.15, -0.1) is 13.2 Å². The molecular weight excluding hydrogens is 505 g/mol. The van der Waals surface area contributed by atoms with Crippen molar-refractivity contribution in [3.05, 3.63) is 54.1 Å². The molecule has 4 N–H and O–H groups in total. The molecule has 1 aliphatic rings. The van der Waals surface area contributed by atoms with Crippen molar-refractivity contribution in [3.8, 4) is 5.75 Å². The minimum absolute atomic E-state index is 0.194. The summed E-state index contributed by atoms with van der Waals surface area (Å²) < 4.78 is 41.9. The smallest absolute Gasteiger partial charge is 0.406 e. The number of hydrogen-bond donors (Lipinski definition) is 3. The van der Waals surface area contributed by atoms with Gasteiger partial charge in [-0.3, -0.25) is 9.59 Å². The zero-order chi connectivity index (χ0) is 26.5. The van der Waals surface area contributed by atoms with Crippen LogP contribution in [0.5, 0.6) is 5.75 Å². The van der Waals surface area contributed by atoms with E-state index in [1.165, 1.54) is 18.2 Å². The van der Waals surface area contributed by atoms with Crippen LogP contribution in [0, 0.1) is 5.41 Å². The fourth-order valence-corrected chi connectivity index (χ4v) is 5.65. The summed E-state index contributed by atoms with van der Waals surface area (Å²) in [5, 5.41) is 6.04. The minimum Gasteiger partial charge on any atom is -0.406 e. The van der Waals surface area contributed by atoms with Crippen LogP contribution in [0.25, 0.3) is 10.2 Å². The third-order valence-corrected chi connectivity index (χ3v) is 7.50. The number of fused-ring (bicyclic) bond motifs is 1. The largest absolute Gasteiger partial charge is 0.573 e. The maximum atomic E-state index is 13.0. The lowest BCUT2D eigenvalue weighted by Crippen LogP contribution is -2.47. The van der Waals surface area contributed by atoms with Crippen molar-refractivity contribution in [3.63, 3.8) is 0 Å². The van der Waals surface area contributed by atoms with Gasteiger partial charge in [0.2, 0.25) is 11.8 Å². The molecule has 11 heteroatoms. The average Bonchev–Trinajstić information content (AvgIpc) is 3.24. The first-order chi connectivity index (χ1) is 17.6. The van der Waals surface area contributed by atoms with E-state index in [0.29, 0.717) is 28.3 Å². The molecule has 1 fully saturated rings.